The molecule has 0 atom stereocenters. The van der Waals surface area contributed by atoms with Crippen LogP contribution in [-0.2, 0) is 9.59 Å². The molecule has 6 nitrogen and oxygen atoms in total. The van der Waals surface area contributed by atoms with Crippen LogP contribution in [0.3, 0.4) is 0 Å². The van der Waals surface area contributed by atoms with E-state index in [1.165, 1.54) is 9.91 Å². The van der Waals surface area contributed by atoms with Crippen LogP contribution in [-0.4, -0.2) is 35.3 Å². The van der Waals surface area contributed by atoms with Crippen molar-refractivity contribution in [2.24, 2.45) is 10.1 Å². The van der Waals surface area contributed by atoms with Crippen LogP contribution in [0.4, 0.5) is 11.4 Å². The molecule has 146 valence electrons. The van der Waals surface area contributed by atoms with Gasteiger partial charge >= 0.3 is 0 Å². The van der Waals surface area contributed by atoms with E-state index in [4.69, 9.17) is 4.99 Å². The van der Waals surface area contributed by atoms with Crippen molar-refractivity contribution in [1.82, 2.24) is 4.90 Å². The highest BCUT2D eigenvalue weighted by atomic mass is 16.2. The Balaban J connectivity index is 1.86. The molecule has 2 heterocycles. The molecule has 2 amide bonds. The Bertz CT molecular complexity index is 1120. The van der Waals surface area contributed by atoms with Crippen molar-refractivity contribution in [3.05, 3.63) is 70.3 Å². The van der Waals surface area contributed by atoms with Crippen LogP contribution in [0.5, 0.6) is 0 Å². The molecule has 0 spiro atoms. The number of hydrogen-bond acceptors (Lipinski definition) is 4. The second kappa shape index (κ2) is 6.81. The van der Waals surface area contributed by atoms with Crippen molar-refractivity contribution in [2.45, 2.75) is 27.7 Å². The summed E-state index contributed by atoms with van der Waals surface area (Å²) in [6.45, 7) is 7.74. The summed E-state index contributed by atoms with van der Waals surface area (Å²) in [6.07, 6.45) is 0. The molecule has 2 aromatic carbocycles. The van der Waals surface area contributed by atoms with Gasteiger partial charge in [0.05, 0.1) is 16.9 Å². The second-order valence-electron chi connectivity index (χ2n) is 7.45. The van der Waals surface area contributed by atoms with Crippen molar-refractivity contribution in [2.75, 3.05) is 12.1 Å². The van der Waals surface area contributed by atoms with E-state index in [-0.39, 0.29) is 17.5 Å². The highest BCUT2D eigenvalue weighted by molar-refractivity contribution is 6.54. The van der Waals surface area contributed by atoms with Crippen LogP contribution in [0, 0.1) is 20.8 Å². The fraction of sp³-hybridized carbons (Fsp3) is 0.217. The average molecular weight is 386 g/mol. The van der Waals surface area contributed by atoms with Crippen LogP contribution in [0.25, 0.3) is 0 Å². The van der Waals surface area contributed by atoms with Gasteiger partial charge < -0.3 is 0 Å². The Morgan fingerprint density at radius 1 is 0.897 bits per heavy atom. The molecule has 0 radical (unpaired) electrons. The van der Waals surface area contributed by atoms with E-state index in [2.05, 4.69) is 5.10 Å². The number of aliphatic imine (C=N–C) groups is 1. The molecule has 2 aliphatic rings. The first kappa shape index (κ1) is 18.8. The SMILES string of the molecule is CC1=C2C(=O)N(c3ccccc3)N=C2N(C)C(=O)C1=Nc1c(C)cc(C)cc1C. The molecule has 0 aromatic heterocycles. The fourth-order valence-corrected chi connectivity index (χ4v) is 3.82. The molecule has 0 saturated heterocycles. The third kappa shape index (κ3) is 2.97. The smallest absolute Gasteiger partial charge is 0.282 e. The quantitative estimate of drug-likeness (QED) is 0.787. The number of hydrazone groups is 1. The summed E-state index contributed by atoms with van der Waals surface area (Å²) in [5.41, 5.74) is 5.79. The molecule has 0 aliphatic carbocycles. The number of amides is 2. The number of benzene rings is 2. The molecule has 4 rings (SSSR count). The van der Waals surface area contributed by atoms with Crippen LogP contribution in [0.1, 0.15) is 23.6 Å². The first-order chi connectivity index (χ1) is 13.8. The van der Waals surface area contributed by atoms with Crippen LogP contribution >= 0.6 is 0 Å². The Morgan fingerprint density at radius 3 is 2.14 bits per heavy atom. The summed E-state index contributed by atoms with van der Waals surface area (Å²) >= 11 is 0. The van der Waals surface area contributed by atoms with Gasteiger partial charge in [-0.15, -0.1) is 5.10 Å². The minimum Gasteiger partial charge on any atom is -0.292 e. The van der Waals surface area contributed by atoms with Crippen LogP contribution in [0.2, 0.25) is 0 Å². The molecule has 29 heavy (non-hydrogen) atoms. The van der Waals surface area contributed by atoms with E-state index in [1.807, 2.05) is 63.2 Å². The number of hydrogen-bond donors (Lipinski definition) is 0. The van der Waals surface area contributed by atoms with Gasteiger partial charge in [-0.3, -0.25) is 14.5 Å². The van der Waals surface area contributed by atoms with Crippen molar-refractivity contribution in [3.63, 3.8) is 0 Å². The number of anilines is 1. The van der Waals surface area contributed by atoms with Gasteiger partial charge in [0.15, 0.2) is 5.84 Å². The van der Waals surface area contributed by atoms with Gasteiger partial charge in [-0.1, -0.05) is 35.9 Å². The maximum Gasteiger partial charge on any atom is 0.282 e. The molecule has 0 fully saturated rings. The number of para-hydroxylation sites is 1. The zero-order chi connectivity index (χ0) is 20.9. The molecular weight excluding hydrogens is 364 g/mol. The number of likely N-dealkylation sites (N-methyl/N-ethyl adjacent to an activating group) is 1. The summed E-state index contributed by atoms with van der Waals surface area (Å²) < 4.78 is 0. The predicted octanol–water partition coefficient (Wildman–Crippen LogP) is 3.83. The Morgan fingerprint density at radius 2 is 1.52 bits per heavy atom. The maximum atomic E-state index is 13.1. The number of nitrogens with zero attached hydrogens (tertiary/aromatic N) is 4. The minimum absolute atomic E-state index is 0.256. The normalized spacial score (nSPS) is 18.0. The zero-order valence-electron chi connectivity index (χ0n) is 17.1. The number of rotatable bonds is 2. The molecule has 0 unspecified atom stereocenters. The maximum absolute atomic E-state index is 13.1. The first-order valence-corrected chi connectivity index (χ1v) is 9.44. The Kier molecular flexibility index (Phi) is 4.42. The predicted molar refractivity (Wildman–Crippen MR) is 115 cm³/mol. The van der Waals surface area contributed by atoms with E-state index in [9.17, 15) is 9.59 Å². The summed E-state index contributed by atoms with van der Waals surface area (Å²) in [6, 6.07) is 13.3. The second-order valence-corrected chi connectivity index (χ2v) is 7.45. The number of carbonyl (C=O) groups excluding carboxylic acids is 2. The van der Waals surface area contributed by atoms with Gasteiger partial charge in [0.1, 0.15) is 5.71 Å². The van der Waals surface area contributed by atoms with Gasteiger partial charge in [0, 0.05) is 7.05 Å². The van der Waals surface area contributed by atoms with Crippen LogP contribution < -0.4 is 5.01 Å². The van der Waals surface area contributed by atoms with Gasteiger partial charge in [-0.2, -0.15) is 5.01 Å². The van der Waals surface area contributed by atoms with Gasteiger partial charge in [0.2, 0.25) is 0 Å². The van der Waals surface area contributed by atoms with Crippen molar-refractivity contribution in [1.29, 1.82) is 0 Å². The van der Waals surface area contributed by atoms with Gasteiger partial charge in [-0.25, -0.2) is 4.99 Å². The molecule has 2 aliphatic heterocycles. The van der Waals surface area contributed by atoms with E-state index in [0.717, 1.165) is 22.4 Å². The van der Waals surface area contributed by atoms with Gasteiger partial charge in [-0.05, 0) is 56.5 Å². The first-order valence-electron chi connectivity index (χ1n) is 9.44. The lowest BCUT2D eigenvalue weighted by Crippen LogP contribution is -2.44. The Labute approximate surface area is 169 Å². The summed E-state index contributed by atoms with van der Waals surface area (Å²) in [4.78, 5) is 32.3. The monoisotopic (exact) mass is 386 g/mol. The topological polar surface area (TPSA) is 65.3 Å². The number of amidine groups is 1. The molecular formula is C23H22N4O2. The summed E-state index contributed by atoms with van der Waals surface area (Å²) in [5.74, 6) is -0.169. The standard InChI is InChI=1S/C23H22N4O2/c1-13-11-14(2)19(15(3)12-13)24-20-16(4)18-21(26(5)23(20)29)25-27(22(18)28)17-9-7-6-8-10-17/h6-12H,1-5H3. The third-order valence-electron chi connectivity index (χ3n) is 5.24. The molecule has 2 aromatic rings. The number of carbonyl (C=O) groups is 2. The van der Waals surface area contributed by atoms with E-state index in [1.54, 1.807) is 14.0 Å². The van der Waals surface area contributed by atoms with E-state index >= 15 is 0 Å². The van der Waals surface area contributed by atoms with E-state index < -0.39 is 0 Å². The lowest BCUT2D eigenvalue weighted by molar-refractivity contribution is -0.119. The van der Waals surface area contributed by atoms with Crippen molar-refractivity contribution in [3.8, 4) is 0 Å². The molecule has 0 N–H and O–H groups in total. The third-order valence-corrected chi connectivity index (χ3v) is 5.24. The fourth-order valence-electron chi connectivity index (χ4n) is 3.82. The molecule has 0 bridgehead atoms. The van der Waals surface area contributed by atoms with Crippen molar-refractivity contribution >= 4 is 34.7 Å². The van der Waals surface area contributed by atoms with Gasteiger partial charge in [0.25, 0.3) is 11.8 Å². The molecule has 6 heteroatoms. The van der Waals surface area contributed by atoms with E-state index in [0.29, 0.717) is 22.7 Å². The number of aryl methyl sites for hydroxylation is 3. The lowest BCUT2D eigenvalue weighted by atomic mass is 9.97. The largest absolute Gasteiger partial charge is 0.292 e. The van der Waals surface area contributed by atoms with Crippen molar-refractivity contribution < 1.29 is 9.59 Å². The average Bonchev–Trinajstić information content (AvgIpc) is 3.03. The zero-order valence-corrected chi connectivity index (χ0v) is 17.1. The summed E-state index contributed by atoms with van der Waals surface area (Å²) in [7, 11) is 1.62. The highest BCUT2D eigenvalue weighted by Crippen LogP contribution is 2.32. The lowest BCUT2D eigenvalue weighted by Gasteiger charge is -2.24. The number of fused-ring (bicyclic) bond motifs is 1. The highest BCUT2D eigenvalue weighted by Gasteiger charge is 2.42. The van der Waals surface area contributed by atoms with Crippen LogP contribution in [0.15, 0.2) is 63.7 Å². The minimum atomic E-state index is -0.271. The summed E-state index contributed by atoms with van der Waals surface area (Å²) in [5, 5.41) is 5.76. The molecule has 0 saturated carbocycles. The Hall–Kier alpha value is -3.54.